The minimum absolute atomic E-state index is 0.126. The lowest BCUT2D eigenvalue weighted by molar-refractivity contribution is -0.181. The molecule has 0 saturated carbocycles. The van der Waals surface area contributed by atoms with E-state index in [2.05, 4.69) is 0 Å². The zero-order valence-corrected chi connectivity index (χ0v) is 21.6. The van der Waals surface area contributed by atoms with E-state index in [1.165, 1.54) is 30.0 Å². The van der Waals surface area contributed by atoms with Gasteiger partial charge in [0.15, 0.2) is 11.4 Å². The summed E-state index contributed by atoms with van der Waals surface area (Å²) in [5, 5.41) is 45.0. The molecule has 0 aliphatic heterocycles. The SMILES string of the molecule is C[C@H]1c2cccc(O)c2C(=O)C2=C(O)[C@]3(O)C(=O)C(C(N)=O)=C(O)[C@@H](N(C)C)[C@@H]3[C@@H](OC(=O)CN(C)C)[C@@H]21. The largest absolute Gasteiger partial charge is 0.510 e. The molecular weight excluding hydrogens is 498 g/mol. The Bertz CT molecular complexity index is 1310. The van der Waals surface area contributed by atoms with Crippen LogP contribution in [0, 0.1) is 11.8 Å². The number of likely N-dealkylation sites (N-methyl/N-ethyl adjacent to an activating group) is 2. The third-order valence-corrected chi connectivity index (χ3v) is 7.68. The zero-order valence-electron chi connectivity index (χ0n) is 21.6. The summed E-state index contributed by atoms with van der Waals surface area (Å²) < 4.78 is 5.86. The van der Waals surface area contributed by atoms with Crippen LogP contribution < -0.4 is 5.73 Å². The Morgan fingerprint density at radius 2 is 1.74 bits per heavy atom. The lowest BCUT2D eigenvalue weighted by atomic mass is 9.55. The smallest absolute Gasteiger partial charge is 0.320 e. The topological polar surface area (TPSA) is 191 Å². The van der Waals surface area contributed by atoms with Crippen molar-refractivity contribution in [3.05, 3.63) is 52.0 Å². The first kappa shape index (κ1) is 27.3. The first-order chi connectivity index (χ1) is 17.7. The van der Waals surface area contributed by atoms with Gasteiger partial charge in [-0.15, -0.1) is 0 Å². The molecule has 6 N–H and O–H groups in total. The highest BCUT2D eigenvalue weighted by Crippen LogP contribution is 2.56. The number of nitrogens with zero attached hydrogens (tertiary/aromatic N) is 2. The predicted octanol–water partition coefficient (Wildman–Crippen LogP) is -0.235. The average molecular weight is 530 g/mol. The molecule has 0 unspecified atom stereocenters. The number of amides is 1. The molecule has 0 saturated heterocycles. The third kappa shape index (κ3) is 3.70. The fourth-order valence-corrected chi connectivity index (χ4v) is 6.14. The van der Waals surface area contributed by atoms with Gasteiger partial charge in [-0.2, -0.15) is 0 Å². The number of carbonyl (C=O) groups excluding carboxylic acids is 4. The van der Waals surface area contributed by atoms with Gasteiger partial charge in [0.25, 0.3) is 5.91 Å². The van der Waals surface area contributed by atoms with Gasteiger partial charge in [0.05, 0.1) is 24.1 Å². The van der Waals surface area contributed by atoms with Crippen LogP contribution in [0.3, 0.4) is 0 Å². The third-order valence-electron chi connectivity index (χ3n) is 7.68. The van der Waals surface area contributed by atoms with Crippen molar-refractivity contribution in [3.63, 3.8) is 0 Å². The second kappa shape index (κ2) is 9.22. The number of esters is 1. The Hall–Kier alpha value is -3.74. The van der Waals surface area contributed by atoms with E-state index in [1.54, 1.807) is 33.2 Å². The van der Waals surface area contributed by atoms with Gasteiger partial charge in [0, 0.05) is 11.5 Å². The van der Waals surface area contributed by atoms with Crippen molar-refractivity contribution in [3.8, 4) is 5.75 Å². The number of aliphatic hydroxyl groups is 3. The average Bonchev–Trinajstić information content (AvgIpc) is 2.80. The minimum Gasteiger partial charge on any atom is -0.510 e. The lowest BCUT2D eigenvalue weighted by Gasteiger charge is -2.54. The molecule has 4 rings (SSSR count). The molecule has 0 spiro atoms. The normalized spacial score (nSPS) is 30.8. The molecule has 3 aliphatic rings. The maximum Gasteiger partial charge on any atom is 0.320 e. The number of ketones is 2. The molecule has 0 radical (unpaired) electrons. The Balaban J connectivity index is 2.07. The highest BCUT2D eigenvalue weighted by atomic mass is 16.5. The Labute approximate surface area is 218 Å². The molecule has 6 atom stereocenters. The summed E-state index contributed by atoms with van der Waals surface area (Å²) in [6.45, 7) is 1.51. The number of ether oxygens (including phenoxy) is 1. The van der Waals surface area contributed by atoms with Gasteiger partial charge in [0.1, 0.15) is 28.9 Å². The van der Waals surface area contributed by atoms with Crippen LogP contribution in [-0.2, 0) is 19.1 Å². The number of carbonyl (C=O) groups is 4. The molecule has 3 aliphatic carbocycles. The van der Waals surface area contributed by atoms with E-state index >= 15 is 0 Å². The number of aliphatic hydroxyl groups excluding tert-OH is 2. The monoisotopic (exact) mass is 529 g/mol. The Kier molecular flexibility index (Phi) is 6.63. The van der Waals surface area contributed by atoms with Gasteiger partial charge in [0.2, 0.25) is 5.78 Å². The van der Waals surface area contributed by atoms with Gasteiger partial charge < -0.3 is 30.9 Å². The molecule has 0 heterocycles. The fraction of sp³-hybridized carbons (Fsp3) is 0.462. The number of primary amides is 1. The summed E-state index contributed by atoms with van der Waals surface area (Å²) >= 11 is 0. The molecule has 0 bridgehead atoms. The van der Waals surface area contributed by atoms with Crippen molar-refractivity contribution < 1.29 is 44.3 Å². The molecular formula is C26H31N3O9. The maximum absolute atomic E-state index is 13.7. The zero-order chi connectivity index (χ0) is 28.4. The molecule has 204 valence electrons. The van der Waals surface area contributed by atoms with Crippen LogP contribution >= 0.6 is 0 Å². The van der Waals surface area contributed by atoms with E-state index in [0.717, 1.165) is 0 Å². The fourth-order valence-electron chi connectivity index (χ4n) is 6.14. The molecule has 12 heteroatoms. The van der Waals surface area contributed by atoms with Crippen molar-refractivity contribution in [2.75, 3.05) is 34.7 Å². The summed E-state index contributed by atoms with van der Waals surface area (Å²) in [6, 6.07) is 3.12. The number of rotatable bonds is 5. The number of phenolic OH excluding ortho intramolecular Hbond substituents is 1. The predicted molar refractivity (Wildman–Crippen MR) is 132 cm³/mol. The summed E-state index contributed by atoms with van der Waals surface area (Å²) in [7, 11) is 6.24. The molecule has 1 amide bonds. The standard InChI is InChI=1S/C26H31N3O9/c1-10-11-7-6-8-12(30)15(11)20(32)16-14(10)22(38-13(31)9-28(2)3)18-19(29(4)5)21(33)17(25(27)36)24(35)26(18,37)23(16)34/h6-8,10,14,18-19,22,30,33-34,37H,9H2,1-5H3,(H2,27,36)/t10-,14+,18+,19-,22-,26-/m0/s1. The van der Waals surface area contributed by atoms with Crippen LogP contribution in [0.25, 0.3) is 0 Å². The van der Waals surface area contributed by atoms with Gasteiger partial charge in [-0.3, -0.25) is 29.0 Å². The van der Waals surface area contributed by atoms with Crippen molar-refractivity contribution >= 4 is 23.4 Å². The van der Waals surface area contributed by atoms with Crippen molar-refractivity contribution in [2.24, 2.45) is 17.6 Å². The number of fused-ring (bicyclic) bond motifs is 3. The molecule has 1 aromatic carbocycles. The highest BCUT2D eigenvalue weighted by molar-refractivity contribution is 6.25. The van der Waals surface area contributed by atoms with Crippen LogP contribution in [0.15, 0.2) is 40.9 Å². The van der Waals surface area contributed by atoms with E-state index in [0.29, 0.717) is 5.56 Å². The van der Waals surface area contributed by atoms with E-state index < -0.39 is 81.6 Å². The number of hydrogen-bond donors (Lipinski definition) is 5. The van der Waals surface area contributed by atoms with Crippen LogP contribution in [0.4, 0.5) is 0 Å². The molecule has 1 aromatic rings. The van der Waals surface area contributed by atoms with Gasteiger partial charge in [-0.25, -0.2) is 0 Å². The number of phenols is 1. The second-order valence-corrected chi connectivity index (χ2v) is 10.5. The van der Waals surface area contributed by atoms with Crippen LogP contribution in [-0.4, -0.2) is 106 Å². The van der Waals surface area contributed by atoms with E-state index in [9.17, 15) is 39.6 Å². The minimum atomic E-state index is -2.96. The number of aromatic hydroxyl groups is 1. The van der Waals surface area contributed by atoms with E-state index in [4.69, 9.17) is 10.5 Å². The number of hydrogen-bond acceptors (Lipinski definition) is 11. The highest BCUT2D eigenvalue weighted by Gasteiger charge is 2.68. The summed E-state index contributed by atoms with van der Waals surface area (Å²) in [6.07, 6.45) is -1.43. The van der Waals surface area contributed by atoms with Crippen LogP contribution in [0.1, 0.15) is 28.8 Å². The number of benzene rings is 1. The van der Waals surface area contributed by atoms with Crippen molar-refractivity contribution in [1.29, 1.82) is 0 Å². The van der Waals surface area contributed by atoms with E-state index in [-0.39, 0.29) is 17.9 Å². The Morgan fingerprint density at radius 3 is 2.29 bits per heavy atom. The summed E-state index contributed by atoms with van der Waals surface area (Å²) in [4.78, 5) is 55.5. The van der Waals surface area contributed by atoms with Crippen LogP contribution in [0.2, 0.25) is 0 Å². The first-order valence-corrected chi connectivity index (χ1v) is 12.0. The molecule has 12 nitrogen and oxygen atoms in total. The Morgan fingerprint density at radius 1 is 1.11 bits per heavy atom. The summed E-state index contributed by atoms with van der Waals surface area (Å²) in [5.41, 5.74) is 1.34. The molecule has 38 heavy (non-hydrogen) atoms. The van der Waals surface area contributed by atoms with Gasteiger partial charge in [-0.1, -0.05) is 19.1 Å². The second-order valence-electron chi connectivity index (χ2n) is 10.5. The quantitative estimate of drug-likeness (QED) is 0.250. The molecule has 0 fully saturated rings. The first-order valence-electron chi connectivity index (χ1n) is 12.0. The van der Waals surface area contributed by atoms with E-state index in [1.807, 2.05) is 0 Å². The van der Waals surface area contributed by atoms with Crippen molar-refractivity contribution in [1.82, 2.24) is 9.80 Å². The van der Waals surface area contributed by atoms with Crippen LogP contribution in [0.5, 0.6) is 5.75 Å². The van der Waals surface area contributed by atoms with Gasteiger partial charge >= 0.3 is 5.97 Å². The maximum atomic E-state index is 13.7. The van der Waals surface area contributed by atoms with Gasteiger partial charge in [-0.05, 0) is 45.7 Å². The number of Topliss-reactive ketones (excluding diaryl/α,β-unsaturated/α-hetero) is 2. The van der Waals surface area contributed by atoms with Crippen molar-refractivity contribution in [2.45, 2.75) is 30.6 Å². The molecule has 0 aromatic heterocycles. The lowest BCUT2D eigenvalue weighted by Crippen LogP contribution is -2.69. The summed E-state index contributed by atoms with van der Waals surface area (Å²) in [5.74, 6) is -9.83. The number of nitrogens with two attached hydrogens (primary N) is 1.